The maximum atomic E-state index is 12.6. The molecule has 0 aliphatic heterocycles. The van der Waals surface area contributed by atoms with Crippen LogP contribution in [0.4, 0.5) is 0 Å². The van der Waals surface area contributed by atoms with Crippen molar-refractivity contribution in [1.82, 2.24) is 4.90 Å². The van der Waals surface area contributed by atoms with Crippen molar-refractivity contribution in [2.75, 3.05) is 13.6 Å². The number of likely N-dealkylation sites (N-methyl/N-ethyl adjacent to an activating group) is 1. The van der Waals surface area contributed by atoms with E-state index in [4.69, 9.17) is 0 Å². The molecule has 3 aromatic carbocycles. The lowest BCUT2D eigenvalue weighted by molar-refractivity contribution is -0.141. The summed E-state index contributed by atoms with van der Waals surface area (Å²) < 4.78 is 0. The van der Waals surface area contributed by atoms with Gasteiger partial charge in [0.25, 0.3) is 0 Å². The Labute approximate surface area is 196 Å². The molecule has 33 heavy (non-hydrogen) atoms. The summed E-state index contributed by atoms with van der Waals surface area (Å²) in [5.41, 5.74) is 4.53. The summed E-state index contributed by atoms with van der Waals surface area (Å²) in [6.45, 7) is 2.46. The molecule has 3 rings (SSSR count). The molecular formula is C29H33NO3. The first-order valence-corrected chi connectivity index (χ1v) is 11.6. The molecule has 0 saturated heterocycles. The fourth-order valence-electron chi connectivity index (χ4n) is 4.04. The molecule has 0 bridgehead atoms. The Balaban J connectivity index is 1.58. The van der Waals surface area contributed by atoms with Crippen LogP contribution in [0.5, 0.6) is 0 Å². The molecule has 0 fully saturated rings. The molecule has 0 heterocycles. The molecule has 0 saturated carbocycles. The maximum Gasteiger partial charge on any atom is 0.306 e. The molecule has 1 amide bonds. The van der Waals surface area contributed by atoms with Crippen LogP contribution in [0.3, 0.4) is 0 Å². The summed E-state index contributed by atoms with van der Waals surface area (Å²) in [6, 6.07) is 28.5. The van der Waals surface area contributed by atoms with Gasteiger partial charge in [-0.15, -0.1) is 0 Å². The van der Waals surface area contributed by atoms with Gasteiger partial charge in [0.2, 0.25) is 5.91 Å². The molecule has 4 nitrogen and oxygen atoms in total. The lowest BCUT2D eigenvalue weighted by Gasteiger charge is -2.20. The number of carbonyl (C=O) groups excluding carboxylic acids is 1. The number of hydrogen-bond donors (Lipinski definition) is 1. The first-order chi connectivity index (χ1) is 15.9. The highest BCUT2D eigenvalue weighted by Crippen LogP contribution is 2.28. The summed E-state index contributed by atoms with van der Waals surface area (Å²) in [5, 5.41) is 9.38. The number of nitrogens with zero attached hydrogens (tertiary/aromatic N) is 1. The Bertz CT molecular complexity index is 1020. The third-order valence-corrected chi connectivity index (χ3v) is 6.20. The van der Waals surface area contributed by atoms with Gasteiger partial charge in [0, 0.05) is 13.6 Å². The molecule has 2 atom stereocenters. The fraction of sp³-hybridized carbons (Fsp3) is 0.310. The second-order valence-corrected chi connectivity index (χ2v) is 8.83. The third-order valence-electron chi connectivity index (χ3n) is 6.20. The van der Waals surface area contributed by atoms with Crippen molar-refractivity contribution in [3.63, 3.8) is 0 Å². The van der Waals surface area contributed by atoms with Gasteiger partial charge in [0.1, 0.15) is 0 Å². The van der Waals surface area contributed by atoms with E-state index in [0.29, 0.717) is 19.4 Å². The van der Waals surface area contributed by atoms with Crippen LogP contribution in [0.25, 0.3) is 0 Å². The van der Waals surface area contributed by atoms with Gasteiger partial charge in [-0.3, -0.25) is 9.59 Å². The van der Waals surface area contributed by atoms with E-state index in [-0.39, 0.29) is 11.8 Å². The average molecular weight is 444 g/mol. The molecule has 0 aliphatic carbocycles. The smallest absolute Gasteiger partial charge is 0.306 e. The third kappa shape index (κ3) is 7.60. The van der Waals surface area contributed by atoms with Crippen molar-refractivity contribution in [3.05, 3.63) is 107 Å². The number of carboxylic acid groups (broad SMARTS) is 1. The summed E-state index contributed by atoms with van der Waals surface area (Å²) in [4.78, 5) is 25.8. The van der Waals surface area contributed by atoms with Gasteiger partial charge in [0.05, 0.1) is 12.3 Å². The number of aliphatic carboxylic acids is 1. The Morgan fingerprint density at radius 1 is 0.818 bits per heavy atom. The first kappa shape index (κ1) is 24.2. The van der Waals surface area contributed by atoms with Gasteiger partial charge < -0.3 is 10.0 Å². The Morgan fingerprint density at radius 2 is 1.39 bits per heavy atom. The lowest BCUT2D eigenvalue weighted by atomic mass is 9.85. The molecule has 0 aromatic heterocycles. The molecule has 2 unspecified atom stereocenters. The van der Waals surface area contributed by atoms with Crippen molar-refractivity contribution >= 4 is 11.9 Å². The number of carbonyl (C=O) groups is 2. The van der Waals surface area contributed by atoms with E-state index in [0.717, 1.165) is 29.5 Å². The quantitative estimate of drug-likeness (QED) is 0.434. The monoisotopic (exact) mass is 443 g/mol. The van der Waals surface area contributed by atoms with E-state index in [1.807, 2.05) is 55.6 Å². The van der Waals surface area contributed by atoms with Crippen molar-refractivity contribution in [2.45, 2.75) is 38.5 Å². The van der Waals surface area contributed by atoms with Crippen LogP contribution in [-0.2, 0) is 28.9 Å². The molecule has 0 spiro atoms. The van der Waals surface area contributed by atoms with E-state index in [1.54, 1.807) is 11.8 Å². The number of carboxylic acids is 1. The normalized spacial score (nSPS) is 12.7. The lowest BCUT2D eigenvalue weighted by Crippen LogP contribution is -2.30. The van der Waals surface area contributed by atoms with Crippen LogP contribution in [0, 0.1) is 5.92 Å². The van der Waals surface area contributed by atoms with Crippen LogP contribution in [0.2, 0.25) is 0 Å². The predicted octanol–water partition coefficient (Wildman–Crippen LogP) is 5.37. The number of hydrogen-bond acceptors (Lipinski definition) is 2. The molecule has 0 radical (unpaired) electrons. The zero-order valence-electron chi connectivity index (χ0n) is 19.5. The van der Waals surface area contributed by atoms with Gasteiger partial charge >= 0.3 is 5.97 Å². The Kier molecular flexibility index (Phi) is 8.82. The number of rotatable bonds is 11. The summed E-state index contributed by atoms with van der Waals surface area (Å²) in [7, 11) is 1.85. The van der Waals surface area contributed by atoms with E-state index in [1.165, 1.54) is 5.56 Å². The highest BCUT2D eigenvalue weighted by molar-refractivity contribution is 5.78. The number of amides is 1. The van der Waals surface area contributed by atoms with Crippen molar-refractivity contribution in [1.29, 1.82) is 0 Å². The second-order valence-electron chi connectivity index (χ2n) is 8.83. The van der Waals surface area contributed by atoms with Gasteiger partial charge in [-0.2, -0.15) is 0 Å². The van der Waals surface area contributed by atoms with Crippen LogP contribution < -0.4 is 0 Å². The van der Waals surface area contributed by atoms with Gasteiger partial charge in [-0.25, -0.2) is 0 Å². The molecule has 172 valence electrons. The van der Waals surface area contributed by atoms with Gasteiger partial charge in [-0.1, -0.05) is 91.9 Å². The topological polar surface area (TPSA) is 57.6 Å². The number of benzene rings is 3. The van der Waals surface area contributed by atoms with Crippen molar-refractivity contribution in [3.8, 4) is 0 Å². The highest BCUT2D eigenvalue weighted by atomic mass is 16.4. The van der Waals surface area contributed by atoms with E-state index in [2.05, 4.69) is 36.4 Å². The molecule has 1 N–H and O–H groups in total. The summed E-state index contributed by atoms with van der Waals surface area (Å²) in [5.74, 6) is -0.926. The first-order valence-electron chi connectivity index (χ1n) is 11.6. The van der Waals surface area contributed by atoms with Gasteiger partial charge in [-0.05, 0) is 47.4 Å². The molecule has 3 aromatic rings. The summed E-state index contributed by atoms with van der Waals surface area (Å²) in [6.07, 6.45) is 2.58. The van der Waals surface area contributed by atoms with Crippen molar-refractivity contribution in [2.24, 2.45) is 5.92 Å². The minimum absolute atomic E-state index is 0.108. The zero-order chi connectivity index (χ0) is 23.6. The SMILES string of the molecule is CC(CC(Cc1ccc(CC(=O)N(C)CCc2ccccc2)cc1)c1ccccc1)C(=O)O. The van der Waals surface area contributed by atoms with Crippen LogP contribution in [0.1, 0.15) is 41.5 Å². The predicted molar refractivity (Wildman–Crippen MR) is 132 cm³/mol. The van der Waals surface area contributed by atoms with Gasteiger partial charge in [0.15, 0.2) is 0 Å². The Hall–Kier alpha value is -3.40. The van der Waals surface area contributed by atoms with E-state index >= 15 is 0 Å². The molecular weight excluding hydrogens is 410 g/mol. The average Bonchev–Trinajstić information content (AvgIpc) is 2.84. The van der Waals surface area contributed by atoms with Crippen LogP contribution >= 0.6 is 0 Å². The van der Waals surface area contributed by atoms with Crippen LogP contribution in [-0.4, -0.2) is 35.5 Å². The largest absolute Gasteiger partial charge is 0.481 e. The maximum absolute atomic E-state index is 12.6. The molecule has 0 aliphatic rings. The van der Waals surface area contributed by atoms with Crippen molar-refractivity contribution < 1.29 is 14.7 Å². The zero-order valence-corrected chi connectivity index (χ0v) is 19.5. The highest BCUT2D eigenvalue weighted by Gasteiger charge is 2.20. The second kappa shape index (κ2) is 12.0. The van der Waals surface area contributed by atoms with Crippen LogP contribution in [0.15, 0.2) is 84.9 Å². The van der Waals surface area contributed by atoms with E-state index < -0.39 is 11.9 Å². The molecule has 4 heteroatoms. The van der Waals surface area contributed by atoms with E-state index in [9.17, 15) is 14.7 Å². The Morgan fingerprint density at radius 3 is 2.00 bits per heavy atom. The summed E-state index contributed by atoms with van der Waals surface area (Å²) >= 11 is 0. The standard InChI is InChI=1S/C29H33NO3/c1-22(29(32)33)19-27(26-11-7-4-8-12-26)20-24-13-15-25(16-14-24)21-28(31)30(2)18-17-23-9-5-3-6-10-23/h3-16,22,27H,17-21H2,1-2H3,(H,32,33). The fourth-order valence-corrected chi connectivity index (χ4v) is 4.04. The minimum Gasteiger partial charge on any atom is -0.481 e. The minimum atomic E-state index is -0.763.